The molecular weight excluding hydrogens is 761 g/mol. The molecule has 63 heavy (non-hydrogen) atoms. The normalized spacial score (nSPS) is 12.7. The Kier molecular flexibility index (Phi) is 8.55. The summed E-state index contributed by atoms with van der Waals surface area (Å²) >= 11 is 0. The van der Waals surface area contributed by atoms with Crippen molar-refractivity contribution in [3.8, 4) is 50.2 Å². The molecule has 0 unspecified atom stereocenters. The summed E-state index contributed by atoms with van der Waals surface area (Å²) in [4.78, 5) is 2.44. The molecule has 2 nitrogen and oxygen atoms in total. The monoisotopic (exact) mass is 804 g/mol. The van der Waals surface area contributed by atoms with E-state index in [1.54, 1.807) is 0 Å². The minimum atomic E-state index is -0.102. The average molecular weight is 805 g/mol. The average Bonchev–Trinajstić information content (AvgIpc) is 3.81. The van der Waals surface area contributed by atoms with E-state index in [2.05, 4.69) is 254 Å². The Bertz CT molecular complexity index is 3500. The maximum Gasteiger partial charge on any atom is 0.0547 e. The minimum absolute atomic E-state index is 0.102. The first-order chi connectivity index (χ1) is 31.0. The highest BCUT2D eigenvalue weighted by Gasteiger charge is 2.37. The van der Waals surface area contributed by atoms with Crippen LogP contribution < -0.4 is 4.90 Å². The third-order valence-corrected chi connectivity index (χ3v) is 13.4. The molecule has 0 saturated heterocycles. The highest BCUT2D eigenvalue weighted by atomic mass is 15.1. The van der Waals surface area contributed by atoms with Gasteiger partial charge in [-0.15, -0.1) is 0 Å². The molecule has 1 aliphatic rings. The molecule has 0 atom stereocenters. The van der Waals surface area contributed by atoms with Gasteiger partial charge in [-0.25, -0.2) is 0 Å². The highest BCUT2D eigenvalue weighted by molar-refractivity contribution is 6.21. The van der Waals surface area contributed by atoms with Gasteiger partial charge in [0.15, 0.2) is 0 Å². The Morgan fingerprint density at radius 3 is 1.62 bits per heavy atom. The van der Waals surface area contributed by atoms with Crippen molar-refractivity contribution in [3.05, 3.63) is 242 Å². The van der Waals surface area contributed by atoms with Crippen molar-refractivity contribution in [1.29, 1.82) is 0 Å². The second kappa shape index (κ2) is 14.6. The van der Waals surface area contributed by atoms with Crippen LogP contribution in [0.4, 0.5) is 17.1 Å². The van der Waals surface area contributed by atoms with Crippen LogP contribution in [-0.2, 0) is 5.41 Å². The van der Waals surface area contributed by atoms with Gasteiger partial charge in [0.1, 0.15) is 0 Å². The van der Waals surface area contributed by atoms with Crippen LogP contribution in [0.1, 0.15) is 25.0 Å². The highest BCUT2D eigenvalue weighted by Crippen LogP contribution is 2.54. The van der Waals surface area contributed by atoms with Gasteiger partial charge in [-0.1, -0.05) is 190 Å². The van der Waals surface area contributed by atoms with Crippen molar-refractivity contribution in [2.45, 2.75) is 19.3 Å². The topological polar surface area (TPSA) is 8.17 Å². The number of anilines is 3. The summed E-state index contributed by atoms with van der Waals surface area (Å²) in [5.41, 5.74) is 19.4. The number of hydrogen-bond donors (Lipinski definition) is 0. The van der Waals surface area contributed by atoms with Crippen molar-refractivity contribution in [2.75, 3.05) is 4.90 Å². The molecule has 1 aromatic heterocycles. The predicted molar refractivity (Wildman–Crippen MR) is 267 cm³/mol. The zero-order valence-corrected chi connectivity index (χ0v) is 35.3. The zero-order chi connectivity index (χ0) is 42.1. The van der Waals surface area contributed by atoms with Crippen LogP contribution in [0.15, 0.2) is 231 Å². The number of rotatable bonds is 7. The van der Waals surface area contributed by atoms with Crippen molar-refractivity contribution in [1.82, 2.24) is 4.57 Å². The van der Waals surface area contributed by atoms with E-state index in [1.165, 1.54) is 93.9 Å². The van der Waals surface area contributed by atoms with Crippen LogP contribution in [0, 0.1) is 0 Å². The van der Waals surface area contributed by atoms with E-state index in [0.717, 1.165) is 17.1 Å². The molecule has 0 fully saturated rings. The second-order valence-corrected chi connectivity index (χ2v) is 17.3. The van der Waals surface area contributed by atoms with E-state index >= 15 is 0 Å². The van der Waals surface area contributed by atoms with E-state index in [9.17, 15) is 0 Å². The van der Waals surface area contributed by atoms with Gasteiger partial charge in [-0.05, 0) is 115 Å². The van der Waals surface area contributed by atoms with E-state index in [0.29, 0.717) is 0 Å². The molecule has 10 aromatic carbocycles. The zero-order valence-electron chi connectivity index (χ0n) is 35.3. The largest absolute Gasteiger partial charge is 0.310 e. The molecule has 12 rings (SSSR count). The van der Waals surface area contributed by atoms with Gasteiger partial charge in [-0.3, -0.25) is 0 Å². The van der Waals surface area contributed by atoms with Crippen molar-refractivity contribution >= 4 is 49.6 Å². The first-order valence-corrected chi connectivity index (χ1v) is 21.9. The molecule has 0 aliphatic heterocycles. The lowest BCUT2D eigenvalue weighted by Gasteiger charge is -2.29. The third-order valence-electron chi connectivity index (χ3n) is 13.4. The van der Waals surface area contributed by atoms with Crippen LogP contribution in [0.2, 0.25) is 0 Å². The molecule has 0 amide bonds. The summed E-state index contributed by atoms with van der Waals surface area (Å²) < 4.78 is 2.41. The Labute approximate surface area is 368 Å². The van der Waals surface area contributed by atoms with Gasteiger partial charge in [0, 0.05) is 38.8 Å². The lowest BCUT2D eigenvalue weighted by atomic mass is 9.82. The Hall–Kier alpha value is -7.94. The molecule has 0 radical (unpaired) electrons. The molecule has 0 bridgehead atoms. The van der Waals surface area contributed by atoms with E-state index < -0.39 is 0 Å². The second-order valence-electron chi connectivity index (χ2n) is 17.3. The molecular formula is C61H44N2. The standard InChI is InChI=1S/C61H44N2/c1-61(2)54-23-12-10-21-52(54)60-55(61)24-14-26-57(60)62(46-34-27-42(28-35-46)41-15-4-3-5-16-41)47-36-29-44(30-37-47)49-18-8-9-19-50(49)45-31-38-48(39-32-45)63-56-25-13-11-22-53(56)59-51-20-7-6-17-43(51)33-40-58(59)63/h3-40H,1-2H3. The number of nitrogens with zero attached hydrogens (tertiary/aromatic N) is 2. The van der Waals surface area contributed by atoms with Gasteiger partial charge in [-0.2, -0.15) is 0 Å². The summed E-state index contributed by atoms with van der Waals surface area (Å²) in [6.07, 6.45) is 0. The molecule has 2 heteroatoms. The predicted octanol–water partition coefficient (Wildman–Crippen LogP) is 16.7. The number of benzene rings is 10. The quantitative estimate of drug-likeness (QED) is 0.156. The van der Waals surface area contributed by atoms with Gasteiger partial charge >= 0.3 is 0 Å². The number of fused-ring (bicyclic) bond motifs is 8. The molecule has 298 valence electrons. The van der Waals surface area contributed by atoms with E-state index in [1.807, 2.05) is 0 Å². The summed E-state index contributed by atoms with van der Waals surface area (Å²) in [5, 5.41) is 5.12. The van der Waals surface area contributed by atoms with Gasteiger partial charge in [0.25, 0.3) is 0 Å². The molecule has 0 N–H and O–H groups in total. The lowest BCUT2D eigenvalue weighted by molar-refractivity contribution is 0.660. The SMILES string of the molecule is CC1(C)c2ccccc2-c2c(N(c3ccc(-c4ccccc4)cc3)c3ccc(-c4ccccc4-c4ccc(-n5c6ccccc6c6c7ccccc7ccc65)cc4)cc3)cccc21. The Morgan fingerprint density at radius 2 is 0.905 bits per heavy atom. The molecule has 0 spiro atoms. The number of aromatic nitrogens is 1. The Balaban J connectivity index is 0.936. The van der Waals surface area contributed by atoms with Gasteiger partial charge in [0.2, 0.25) is 0 Å². The first kappa shape index (κ1) is 36.9. The summed E-state index contributed by atoms with van der Waals surface area (Å²) in [6.45, 7) is 4.71. The lowest BCUT2D eigenvalue weighted by Crippen LogP contribution is -2.16. The third kappa shape index (κ3) is 5.94. The Morgan fingerprint density at radius 1 is 0.365 bits per heavy atom. The van der Waals surface area contributed by atoms with Crippen LogP contribution >= 0.6 is 0 Å². The molecule has 1 heterocycles. The van der Waals surface area contributed by atoms with E-state index in [4.69, 9.17) is 0 Å². The fourth-order valence-corrected chi connectivity index (χ4v) is 10.4. The summed E-state index contributed by atoms with van der Waals surface area (Å²) in [7, 11) is 0. The fourth-order valence-electron chi connectivity index (χ4n) is 10.4. The molecule has 0 saturated carbocycles. The number of para-hydroxylation sites is 1. The van der Waals surface area contributed by atoms with Crippen LogP contribution in [0.25, 0.3) is 82.8 Å². The van der Waals surface area contributed by atoms with Crippen molar-refractivity contribution in [3.63, 3.8) is 0 Å². The van der Waals surface area contributed by atoms with Crippen LogP contribution in [0.5, 0.6) is 0 Å². The first-order valence-electron chi connectivity index (χ1n) is 21.9. The fraction of sp³-hybridized carbons (Fsp3) is 0.0492. The van der Waals surface area contributed by atoms with Crippen molar-refractivity contribution < 1.29 is 0 Å². The van der Waals surface area contributed by atoms with Gasteiger partial charge in [0.05, 0.1) is 16.7 Å². The maximum absolute atomic E-state index is 2.44. The summed E-state index contributed by atoms with van der Waals surface area (Å²) in [5.74, 6) is 0. The molecule has 1 aliphatic carbocycles. The van der Waals surface area contributed by atoms with Crippen LogP contribution in [-0.4, -0.2) is 4.57 Å². The van der Waals surface area contributed by atoms with Crippen LogP contribution in [0.3, 0.4) is 0 Å². The summed E-state index contributed by atoms with van der Waals surface area (Å²) in [6, 6.07) is 84.5. The smallest absolute Gasteiger partial charge is 0.0547 e. The maximum atomic E-state index is 2.44. The minimum Gasteiger partial charge on any atom is -0.310 e. The van der Waals surface area contributed by atoms with Gasteiger partial charge < -0.3 is 9.47 Å². The molecule has 11 aromatic rings. The van der Waals surface area contributed by atoms with Crippen molar-refractivity contribution in [2.24, 2.45) is 0 Å². The van der Waals surface area contributed by atoms with E-state index in [-0.39, 0.29) is 5.41 Å². The number of hydrogen-bond acceptors (Lipinski definition) is 1.